The van der Waals surface area contributed by atoms with E-state index in [1.165, 1.54) is 5.98 Å². The first-order chi connectivity index (χ1) is 4.77. The standard InChI is InChI=1S/C6H11BO3/c8-6-4-2-1-3-5-7(9)10/h3,5-6,9-10H,1-2,4H2/b5-3+. The summed E-state index contributed by atoms with van der Waals surface area (Å²) in [4.78, 5) is 9.78. The molecule has 0 unspecified atom stereocenters. The number of carbonyl (C=O) groups excluding carboxylic acids is 1. The van der Waals surface area contributed by atoms with Gasteiger partial charge in [-0.15, -0.1) is 0 Å². The van der Waals surface area contributed by atoms with Crippen molar-refractivity contribution in [3.8, 4) is 0 Å². The largest absolute Gasteiger partial charge is 0.480 e. The van der Waals surface area contributed by atoms with Crippen LogP contribution in [0.25, 0.3) is 0 Å². The number of hydrogen-bond acceptors (Lipinski definition) is 3. The van der Waals surface area contributed by atoms with Crippen molar-refractivity contribution in [1.29, 1.82) is 0 Å². The zero-order chi connectivity index (χ0) is 7.82. The second kappa shape index (κ2) is 6.51. The number of rotatable bonds is 5. The van der Waals surface area contributed by atoms with Crippen LogP contribution in [0.3, 0.4) is 0 Å². The third kappa shape index (κ3) is 7.39. The molecule has 0 rings (SSSR count). The van der Waals surface area contributed by atoms with Crippen molar-refractivity contribution in [3.05, 3.63) is 12.1 Å². The predicted octanol–water partition coefficient (Wildman–Crippen LogP) is -0.0762. The Labute approximate surface area is 60.5 Å². The topological polar surface area (TPSA) is 57.5 Å². The molecule has 0 saturated heterocycles. The van der Waals surface area contributed by atoms with Gasteiger partial charge in [0, 0.05) is 6.42 Å². The highest BCUT2D eigenvalue weighted by atomic mass is 16.4. The van der Waals surface area contributed by atoms with E-state index in [0.717, 1.165) is 19.1 Å². The molecule has 0 radical (unpaired) electrons. The number of hydrogen-bond donors (Lipinski definition) is 2. The lowest BCUT2D eigenvalue weighted by molar-refractivity contribution is -0.107. The van der Waals surface area contributed by atoms with Gasteiger partial charge in [-0.1, -0.05) is 12.1 Å². The first-order valence-electron chi connectivity index (χ1n) is 3.24. The summed E-state index contributed by atoms with van der Waals surface area (Å²) in [6.45, 7) is 0. The molecule has 0 bridgehead atoms. The van der Waals surface area contributed by atoms with Gasteiger partial charge in [-0.05, 0) is 12.8 Å². The lowest BCUT2D eigenvalue weighted by atomic mass is 9.91. The SMILES string of the molecule is O=CCCC/C=C/B(O)O. The zero-order valence-corrected chi connectivity index (χ0v) is 5.73. The van der Waals surface area contributed by atoms with Crippen LogP contribution in [0.5, 0.6) is 0 Å². The van der Waals surface area contributed by atoms with E-state index in [0.29, 0.717) is 6.42 Å². The van der Waals surface area contributed by atoms with Gasteiger partial charge in [-0.2, -0.15) is 0 Å². The van der Waals surface area contributed by atoms with E-state index < -0.39 is 7.12 Å². The van der Waals surface area contributed by atoms with Gasteiger partial charge in [0.15, 0.2) is 0 Å². The van der Waals surface area contributed by atoms with Crippen LogP contribution in [0.1, 0.15) is 19.3 Å². The molecular formula is C6H11BO3. The minimum Gasteiger partial charge on any atom is -0.424 e. The summed E-state index contributed by atoms with van der Waals surface area (Å²) in [5, 5.41) is 16.6. The van der Waals surface area contributed by atoms with Gasteiger partial charge < -0.3 is 14.8 Å². The van der Waals surface area contributed by atoms with Crippen LogP contribution >= 0.6 is 0 Å². The lowest BCUT2D eigenvalue weighted by Gasteiger charge is -1.87. The molecule has 3 nitrogen and oxygen atoms in total. The molecule has 0 aromatic carbocycles. The van der Waals surface area contributed by atoms with Crippen molar-refractivity contribution in [1.82, 2.24) is 0 Å². The molecule has 4 heteroatoms. The molecule has 0 aliphatic rings. The number of aldehydes is 1. The Balaban J connectivity index is 3.10. The fraction of sp³-hybridized carbons (Fsp3) is 0.500. The number of unbranched alkanes of at least 4 members (excludes halogenated alkanes) is 2. The molecule has 0 saturated carbocycles. The summed E-state index contributed by atoms with van der Waals surface area (Å²) in [5.41, 5.74) is 0. The summed E-state index contributed by atoms with van der Waals surface area (Å²) < 4.78 is 0. The lowest BCUT2D eigenvalue weighted by Crippen LogP contribution is -2.05. The third-order valence-corrected chi connectivity index (χ3v) is 1.00. The van der Waals surface area contributed by atoms with E-state index in [1.54, 1.807) is 6.08 Å². The second-order valence-electron chi connectivity index (χ2n) is 1.94. The van der Waals surface area contributed by atoms with Gasteiger partial charge >= 0.3 is 7.12 Å². The van der Waals surface area contributed by atoms with E-state index in [-0.39, 0.29) is 0 Å². The molecular weight excluding hydrogens is 131 g/mol. The maximum atomic E-state index is 9.78. The van der Waals surface area contributed by atoms with Gasteiger partial charge in [0.2, 0.25) is 0 Å². The van der Waals surface area contributed by atoms with Crippen molar-refractivity contribution >= 4 is 13.4 Å². The number of allylic oxidation sites excluding steroid dienone is 1. The highest BCUT2D eigenvalue weighted by Gasteiger charge is 1.95. The first-order valence-corrected chi connectivity index (χ1v) is 3.24. The monoisotopic (exact) mass is 142 g/mol. The van der Waals surface area contributed by atoms with Crippen LogP contribution in [-0.4, -0.2) is 23.5 Å². The van der Waals surface area contributed by atoms with E-state index in [1.807, 2.05) is 0 Å². The van der Waals surface area contributed by atoms with Crippen molar-refractivity contribution in [2.24, 2.45) is 0 Å². The summed E-state index contributed by atoms with van der Waals surface area (Å²) >= 11 is 0. The van der Waals surface area contributed by atoms with Gasteiger partial charge in [0.1, 0.15) is 6.29 Å². The van der Waals surface area contributed by atoms with Crippen LogP contribution in [0.4, 0.5) is 0 Å². The molecule has 0 amide bonds. The molecule has 10 heavy (non-hydrogen) atoms. The van der Waals surface area contributed by atoms with Crippen LogP contribution < -0.4 is 0 Å². The molecule has 0 atom stereocenters. The Morgan fingerprint density at radius 3 is 2.50 bits per heavy atom. The van der Waals surface area contributed by atoms with Crippen LogP contribution in [-0.2, 0) is 4.79 Å². The molecule has 0 aromatic heterocycles. The van der Waals surface area contributed by atoms with E-state index in [4.69, 9.17) is 10.0 Å². The normalized spacial score (nSPS) is 10.2. The fourth-order valence-corrected chi connectivity index (χ4v) is 0.537. The molecule has 0 spiro atoms. The number of carbonyl (C=O) groups is 1. The van der Waals surface area contributed by atoms with Crippen molar-refractivity contribution < 1.29 is 14.8 Å². The highest BCUT2D eigenvalue weighted by Crippen LogP contribution is 1.93. The molecule has 0 heterocycles. The fourth-order valence-electron chi connectivity index (χ4n) is 0.537. The Morgan fingerprint density at radius 1 is 1.30 bits per heavy atom. The van der Waals surface area contributed by atoms with E-state index in [2.05, 4.69) is 0 Å². The summed E-state index contributed by atoms with van der Waals surface area (Å²) in [6.07, 6.45) is 4.52. The van der Waals surface area contributed by atoms with Gasteiger partial charge in [-0.3, -0.25) is 0 Å². The van der Waals surface area contributed by atoms with Gasteiger partial charge in [0.05, 0.1) is 0 Å². The summed E-state index contributed by atoms with van der Waals surface area (Å²) in [7, 11) is -1.36. The Bertz CT molecular complexity index is 112. The van der Waals surface area contributed by atoms with Gasteiger partial charge in [0.25, 0.3) is 0 Å². The average molecular weight is 142 g/mol. The minimum absolute atomic E-state index is 0.534. The minimum atomic E-state index is -1.36. The third-order valence-electron chi connectivity index (χ3n) is 1.00. The van der Waals surface area contributed by atoms with Crippen LogP contribution in [0.15, 0.2) is 12.1 Å². The molecule has 56 valence electrons. The van der Waals surface area contributed by atoms with Crippen LogP contribution in [0, 0.1) is 0 Å². The van der Waals surface area contributed by atoms with Crippen LogP contribution in [0.2, 0.25) is 0 Å². The highest BCUT2D eigenvalue weighted by molar-refractivity contribution is 6.47. The molecule has 0 fully saturated rings. The molecule has 0 aliphatic heterocycles. The summed E-state index contributed by atoms with van der Waals surface area (Å²) in [6, 6.07) is 0. The second-order valence-corrected chi connectivity index (χ2v) is 1.94. The average Bonchev–Trinajstić information content (AvgIpc) is 1.87. The Kier molecular flexibility index (Phi) is 6.12. The van der Waals surface area contributed by atoms with Gasteiger partial charge in [-0.25, -0.2) is 0 Å². The van der Waals surface area contributed by atoms with E-state index >= 15 is 0 Å². The van der Waals surface area contributed by atoms with E-state index in [9.17, 15) is 4.79 Å². The van der Waals surface area contributed by atoms with Crippen molar-refractivity contribution in [2.45, 2.75) is 19.3 Å². The maximum absolute atomic E-state index is 9.78. The first kappa shape index (κ1) is 9.39. The molecule has 0 aliphatic carbocycles. The zero-order valence-electron chi connectivity index (χ0n) is 5.73. The predicted molar refractivity (Wildman–Crippen MR) is 39.2 cm³/mol. The quantitative estimate of drug-likeness (QED) is 0.320. The smallest absolute Gasteiger partial charge is 0.424 e. The molecule has 2 N–H and O–H groups in total. The Morgan fingerprint density at radius 2 is 2.00 bits per heavy atom. The summed E-state index contributed by atoms with van der Waals surface area (Å²) in [5.74, 6) is 1.28. The maximum Gasteiger partial charge on any atom is 0.480 e. The Hall–Kier alpha value is -0.605. The van der Waals surface area contributed by atoms with Crippen molar-refractivity contribution in [3.63, 3.8) is 0 Å². The van der Waals surface area contributed by atoms with Crippen molar-refractivity contribution in [2.75, 3.05) is 0 Å². The molecule has 0 aromatic rings.